The molecule has 10 aromatic carbocycles. The molecule has 18 rings (SSSR count). The SMILES string of the molecule is [C-]#[N+]c1ccc2c(c1)c1ccccc1n2-c1cccc2c1Sc1c(-n3c4ccccc4c4ccccc43)cccc1C21c2cc(-n3c4ccccc4c4ccccc43)cnc2-c2ncc(-n3c4ccccc4c4cc(C#N)ccc43)cc21. The van der Waals surface area contributed by atoms with Gasteiger partial charge in [-0.15, -0.1) is 0 Å². The minimum absolute atomic E-state index is 0.603. The average molecular weight is 1060 g/mol. The van der Waals surface area contributed by atoms with Gasteiger partial charge in [-0.3, -0.25) is 9.97 Å². The standard InChI is InChI=1S/C73H40N8S/c1-75-44-33-35-66-54(37-44)52-21-7-13-29-64(52)81(66)68-31-15-23-56-72(68)82-71-55(22-14-30-67(71)80-62-27-11-4-18-49(62)50-19-5-12-28-63(50)80)73(56)57-38-45(78-59-24-8-2-16-47(59)48-17-3-9-25-60(48)78)41-76-69(57)70-58(73)39-46(42-77-70)79-61-26-10-6-20-51(61)53-36-43(40-74)32-34-65(53)79/h2-39,41-42H. The van der Waals surface area contributed by atoms with Crippen molar-refractivity contribution in [3.8, 4) is 40.2 Å². The summed E-state index contributed by atoms with van der Waals surface area (Å²) in [4.78, 5) is 17.4. The number of hydrogen-bond donors (Lipinski definition) is 0. The van der Waals surface area contributed by atoms with Crippen LogP contribution in [0.25, 0.3) is 126 Å². The van der Waals surface area contributed by atoms with E-state index in [0.717, 1.165) is 132 Å². The summed E-state index contributed by atoms with van der Waals surface area (Å²) in [6.07, 6.45) is 4.05. The molecule has 6 aromatic heterocycles. The van der Waals surface area contributed by atoms with Crippen molar-refractivity contribution in [2.75, 3.05) is 0 Å². The van der Waals surface area contributed by atoms with E-state index in [2.05, 4.69) is 235 Å². The number of hydrogen-bond acceptors (Lipinski definition) is 4. The van der Waals surface area contributed by atoms with E-state index in [1.165, 1.54) is 21.5 Å². The Morgan fingerprint density at radius 2 is 0.756 bits per heavy atom. The maximum atomic E-state index is 10.2. The highest BCUT2D eigenvalue weighted by Crippen LogP contribution is 2.64. The topological polar surface area (TPSA) is 73.7 Å². The fourth-order valence-corrected chi connectivity index (χ4v) is 15.7. The van der Waals surface area contributed by atoms with Gasteiger partial charge in [0.05, 0.1) is 114 Å². The third-order valence-electron chi connectivity index (χ3n) is 17.5. The fraction of sp³-hybridized carbons (Fsp3) is 0.0137. The van der Waals surface area contributed by atoms with E-state index >= 15 is 0 Å². The van der Waals surface area contributed by atoms with Gasteiger partial charge in [0.2, 0.25) is 0 Å². The predicted octanol–water partition coefficient (Wildman–Crippen LogP) is 18.1. The summed E-state index contributed by atoms with van der Waals surface area (Å²) in [5.41, 5.74) is 18.7. The Morgan fingerprint density at radius 3 is 1.20 bits per heavy atom. The van der Waals surface area contributed by atoms with E-state index in [1.807, 2.05) is 48.4 Å². The van der Waals surface area contributed by atoms with Gasteiger partial charge in [-0.1, -0.05) is 151 Å². The van der Waals surface area contributed by atoms with Crippen LogP contribution in [0.5, 0.6) is 0 Å². The zero-order chi connectivity index (χ0) is 53.9. The molecule has 1 atom stereocenters. The number of nitrogens with zero attached hydrogens (tertiary/aromatic N) is 8. The Labute approximate surface area is 473 Å². The molecule has 0 N–H and O–H groups in total. The van der Waals surface area contributed by atoms with Gasteiger partial charge in [0.15, 0.2) is 5.69 Å². The molecule has 378 valence electrons. The quantitative estimate of drug-likeness (QED) is 0.165. The van der Waals surface area contributed by atoms with Crippen LogP contribution in [0.2, 0.25) is 0 Å². The van der Waals surface area contributed by atoms with Crippen LogP contribution in [0.4, 0.5) is 5.69 Å². The van der Waals surface area contributed by atoms with Gasteiger partial charge >= 0.3 is 0 Å². The molecule has 0 amide bonds. The lowest BCUT2D eigenvalue weighted by Crippen LogP contribution is -2.33. The third kappa shape index (κ3) is 5.78. The number of pyridine rings is 2. The van der Waals surface area contributed by atoms with Crippen molar-refractivity contribution in [3.63, 3.8) is 0 Å². The van der Waals surface area contributed by atoms with Crippen LogP contribution in [-0.2, 0) is 5.41 Å². The number of nitriles is 1. The first kappa shape index (κ1) is 45.0. The van der Waals surface area contributed by atoms with Gasteiger partial charge in [-0.2, -0.15) is 5.26 Å². The Balaban J connectivity index is 1.02. The van der Waals surface area contributed by atoms with E-state index in [9.17, 15) is 5.26 Å². The summed E-state index contributed by atoms with van der Waals surface area (Å²) in [5, 5.41) is 19.1. The van der Waals surface area contributed by atoms with Crippen molar-refractivity contribution in [2.45, 2.75) is 15.2 Å². The summed E-state index contributed by atoms with van der Waals surface area (Å²) < 4.78 is 9.57. The highest BCUT2D eigenvalue weighted by atomic mass is 32.2. The van der Waals surface area contributed by atoms with E-state index in [1.54, 1.807) is 0 Å². The first-order chi connectivity index (χ1) is 40.6. The number of aromatic nitrogens is 6. The van der Waals surface area contributed by atoms with Crippen molar-refractivity contribution in [2.24, 2.45) is 0 Å². The Kier molecular flexibility index (Phi) is 9.07. The third-order valence-corrected chi connectivity index (χ3v) is 18.8. The second kappa shape index (κ2) is 16.5. The molecule has 9 heteroatoms. The fourth-order valence-electron chi connectivity index (χ4n) is 14.3. The van der Waals surface area contributed by atoms with Gasteiger partial charge in [-0.25, -0.2) is 4.85 Å². The first-order valence-corrected chi connectivity index (χ1v) is 28.2. The van der Waals surface area contributed by atoms with Crippen molar-refractivity contribution >= 4 is 105 Å². The summed E-state index contributed by atoms with van der Waals surface area (Å²) in [7, 11) is 0. The van der Waals surface area contributed by atoms with Crippen LogP contribution < -0.4 is 0 Å². The lowest BCUT2D eigenvalue weighted by Gasteiger charge is -2.41. The smallest absolute Gasteiger partial charge is 0.188 e. The molecule has 1 aliphatic heterocycles. The molecule has 8 nitrogen and oxygen atoms in total. The van der Waals surface area contributed by atoms with Crippen molar-refractivity contribution in [3.05, 3.63) is 282 Å². The summed E-state index contributed by atoms with van der Waals surface area (Å²) >= 11 is 1.83. The Morgan fingerprint density at radius 1 is 0.378 bits per heavy atom. The highest BCUT2D eigenvalue weighted by Gasteiger charge is 2.53. The maximum absolute atomic E-state index is 10.2. The van der Waals surface area contributed by atoms with E-state index < -0.39 is 5.41 Å². The number of rotatable bonds is 4. The summed E-state index contributed by atoms with van der Waals surface area (Å²) in [6.45, 7) is 8.07. The second-order valence-corrected chi connectivity index (χ2v) is 22.5. The molecule has 0 saturated carbocycles. The van der Waals surface area contributed by atoms with Gasteiger partial charge < -0.3 is 18.3 Å². The molecular formula is C73H40N8S. The number of benzene rings is 10. The van der Waals surface area contributed by atoms with Crippen molar-refractivity contribution in [1.29, 1.82) is 5.26 Å². The predicted molar refractivity (Wildman–Crippen MR) is 332 cm³/mol. The lowest BCUT2D eigenvalue weighted by molar-refractivity contribution is 0.713. The monoisotopic (exact) mass is 1060 g/mol. The van der Waals surface area contributed by atoms with Gasteiger partial charge in [-0.05, 0) is 108 Å². The first-order valence-electron chi connectivity index (χ1n) is 27.4. The Hall–Kier alpha value is -11.0. The molecule has 7 heterocycles. The molecular weight excluding hydrogens is 1020 g/mol. The van der Waals surface area contributed by atoms with E-state index in [0.29, 0.717) is 11.3 Å². The molecule has 0 saturated heterocycles. The number of fused-ring (bicyclic) bond motifs is 21. The minimum atomic E-state index is -1.01. The van der Waals surface area contributed by atoms with Gasteiger partial charge in [0.1, 0.15) is 0 Å². The molecule has 0 bridgehead atoms. The zero-order valence-electron chi connectivity index (χ0n) is 43.6. The largest absolute Gasteiger partial charge is 0.308 e. The normalized spacial score (nSPS) is 14.3. The van der Waals surface area contributed by atoms with E-state index in [4.69, 9.17) is 16.5 Å². The van der Waals surface area contributed by atoms with Crippen LogP contribution in [0.15, 0.2) is 253 Å². The molecule has 16 aromatic rings. The van der Waals surface area contributed by atoms with Crippen molar-refractivity contribution < 1.29 is 0 Å². The zero-order valence-corrected chi connectivity index (χ0v) is 44.4. The average Bonchev–Trinajstić information content (AvgIpc) is 1.63. The minimum Gasteiger partial charge on any atom is -0.308 e. The summed E-state index contributed by atoms with van der Waals surface area (Å²) in [6, 6.07) is 84.9. The van der Waals surface area contributed by atoms with Gasteiger partial charge in [0.25, 0.3) is 0 Å². The van der Waals surface area contributed by atoms with Gasteiger partial charge in [0, 0.05) is 58.6 Å². The molecule has 1 unspecified atom stereocenters. The molecule has 2 aliphatic rings. The van der Waals surface area contributed by atoms with Crippen molar-refractivity contribution in [1.82, 2.24) is 28.2 Å². The van der Waals surface area contributed by atoms with Crippen LogP contribution in [0.3, 0.4) is 0 Å². The molecule has 0 fully saturated rings. The van der Waals surface area contributed by atoms with Crippen LogP contribution in [0, 0.1) is 17.9 Å². The molecule has 82 heavy (non-hydrogen) atoms. The Bertz CT molecular complexity index is 5520. The van der Waals surface area contributed by atoms with Crippen LogP contribution in [0.1, 0.15) is 27.8 Å². The molecule has 1 aliphatic carbocycles. The second-order valence-electron chi connectivity index (χ2n) is 21.4. The number of para-hydroxylation sites is 6. The summed E-state index contributed by atoms with van der Waals surface area (Å²) in [5.74, 6) is 0. The van der Waals surface area contributed by atoms with Crippen LogP contribution >= 0.6 is 11.8 Å². The molecule has 0 radical (unpaired) electrons. The highest BCUT2D eigenvalue weighted by molar-refractivity contribution is 7.99. The molecule has 1 spiro atoms. The lowest BCUT2D eigenvalue weighted by atomic mass is 9.67. The van der Waals surface area contributed by atoms with E-state index in [-0.39, 0.29) is 0 Å². The van der Waals surface area contributed by atoms with Crippen LogP contribution in [-0.4, -0.2) is 28.2 Å². The maximum Gasteiger partial charge on any atom is 0.188 e.